The fourth-order valence-electron chi connectivity index (χ4n) is 2.76. The highest BCUT2D eigenvalue weighted by molar-refractivity contribution is 7.13. The molecule has 0 spiro atoms. The molecule has 0 bridgehead atoms. The number of aromatic nitrogens is 4. The van der Waals surface area contributed by atoms with E-state index in [-0.39, 0.29) is 5.91 Å². The number of amides is 1. The number of rotatable bonds is 5. The molecule has 4 rings (SSSR count). The molecule has 3 aromatic heterocycles. The molecule has 0 aliphatic heterocycles. The molecule has 0 radical (unpaired) electrons. The Morgan fingerprint density at radius 1 is 1.15 bits per heavy atom. The maximum absolute atomic E-state index is 12.4. The third-order valence-corrected chi connectivity index (χ3v) is 4.99. The van der Waals surface area contributed by atoms with Crippen LogP contribution in [0.15, 0.2) is 54.2 Å². The van der Waals surface area contributed by atoms with Crippen LogP contribution in [0, 0.1) is 6.92 Å². The van der Waals surface area contributed by atoms with Gasteiger partial charge in [0, 0.05) is 30.2 Å². The molecule has 0 aliphatic rings. The lowest BCUT2D eigenvalue weighted by molar-refractivity contribution is 0.0952. The summed E-state index contributed by atoms with van der Waals surface area (Å²) in [6, 6.07) is 11.5. The second kappa shape index (κ2) is 7.05. The number of nitrogens with one attached hydrogen (secondary N) is 1. The number of thiophene rings is 1. The third kappa shape index (κ3) is 3.34. The van der Waals surface area contributed by atoms with Gasteiger partial charge in [-0.3, -0.25) is 19.4 Å². The van der Waals surface area contributed by atoms with E-state index in [1.165, 1.54) is 0 Å². The van der Waals surface area contributed by atoms with Gasteiger partial charge in [0.2, 0.25) is 0 Å². The van der Waals surface area contributed by atoms with E-state index in [0.29, 0.717) is 24.2 Å². The zero-order valence-corrected chi connectivity index (χ0v) is 15.0. The van der Waals surface area contributed by atoms with Gasteiger partial charge in [0.25, 0.3) is 5.91 Å². The van der Waals surface area contributed by atoms with Gasteiger partial charge in [-0.15, -0.1) is 11.3 Å². The highest BCUT2D eigenvalue weighted by atomic mass is 32.1. The largest absolute Gasteiger partial charge is 0.350 e. The first-order valence-electron chi connectivity index (χ1n) is 8.28. The van der Waals surface area contributed by atoms with E-state index in [2.05, 4.69) is 32.5 Å². The van der Waals surface area contributed by atoms with Crippen molar-refractivity contribution >= 4 is 28.3 Å². The standard InChI is InChI=1S/C19H17N5OS/c1-13-11-17(18-3-2-10-26-18)23-24(13)9-8-22-19(25)14-4-5-15-16(12-14)21-7-6-20-15/h2-7,10-12H,8-9H2,1H3,(H,22,25). The van der Waals surface area contributed by atoms with Gasteiger partial charge in [0.1, 0.15) is 5.69 Å². The Labute approximate surface area is 154 Å². The fraction of sp³-hybridized carbons (Fsp3) is 0.158. The molecule has 0 unspecified atom stereocenters. The number of hydrogen-bond donors (Lipinski definition) is 1. The molecule has 0 aliphatic carbocycles. The molecule has 7 heteroatoms. The number of hydrogen-bond acceptors (Lipinski definition) is 5. The molecule has 0 saturated heterocycles. The van der Waals surface area contributed by atoms with E-state index < -0.39 is 0 Å². The maximum atomic E-state index is 12.4. The fourth-order valence-corrected chi connectivity index (χ4v) is 3.44. The van der Waals surface area contributed by atoms with Gasteiger partial charge >= 0.3 is 0 Å². The van der Waals surface area contributed by atoms with E-state index >= 15 is 0 Å². The molecule has 0 saturated carbocycles. The molecule has 130 valence electrons. The first-order valence-corrected chi connectivity index (χ1v) is 9.16. The van der Waals surface area contributed by atoms with Crippen LogP contribution in [-0.2, 0) is 6.54 Å². The van der Waals surface area contributed by atoms with Gasteiger partial charge in [0.05, 0.1) is 22.5 Å². The molecule has 1 aromatic carbocycles. The Hall–Kier alpha value is -3.06. The molecule has 1 amide bonds. The summed E-state index contributed by atoms with van der Waals surface area (Å²) in [6.07, 6.45) is 3.26. The van der Waals surface area contributed by atoms with Crippen molar-refractivity contribution in [3.63, 3.8) is 0 Å². The lowest BCUT2D eigenvalue weighted by Crippen LogP contribution is -2.27. The summed E-state index contributed by atoms with van der Waals surface area (Å²) in [5.74, 6) is -0.124. The zero-order chi connectivity index (χ0) is 17.9. The van der Waals surface area contributed by atoms with E-state index in [1.54, 1.807) is 35.9 Å². The summed E-state index contributed by atoms with van der Waals surface area (Å²) in [5.41, 5.74) is 4.11. The van der Waals surface area contributed by atoms with Crippen LogP contribution in [0.1, 0.15) is 16.1 Å². The molecule has 1 N–H and O–H groups in total. The minimum absolute atomic E-state index is 0.124. The van der Waals surface area contributed by atoms with Gasteiger partial charge in [-0.2, -0.15) is 5.10 Å². The van der Waals surface area contributed by atoms with Crippen LogP contribution < -0.4 is 5.32 Å². The second-order valence-electron chi connectivity index (χ2n) is 5.89. The second-order valence-corrected chi connectivity index (χ2v) is 6.83. The predicted molar refractivity (Wildman–Crippen MR) is 102 cm³/mol. The molecule has 0 atom stereocenters. The number of nitrogens with zero attached hydrogens (tertiary/aromatic N) is 4. The Kier molecular flexibility index (Phi) is 4.45. The van der Waals surface area contributed by atoms with Crippen molar-refractivity contribution in [3.8, 4) is 10.6 Å². The number of fused-ring (bicyclic) bond motifs is 1. The van der Waals surface area contributed by atoms with Gasteiger partial charge in [-0.1, -0.05) is 6.07 Å². The summed E-state index contributed by atoms with van der Waals surface area (Å²) in [4.78, 5) is 22.0. The Balaban J connectivity index is 1.40. The van der Waals surface area contributed by atoms with Crippen LogP contribution in [0.4, 0.5) is 0 Å². The molecule has 6 nitrogen and oxygen atoms in total. The monoisotopic (exact) mass is 363 g/mol. The zero-order valence-electron chi connectivity index (χ0n) is 14.2. The molecule has 3 heterocycles. The average molecular weight is 363 g/mol. The highest BCUT2D eigenvalue weighted by Gasteiger charge is 2.09. The van der Waals surface area contributed by atoms with Crippen LogP contribution >= 0.6 is 11.3 Å². The van der Waals surface area contributed by atoms with E-state index in [9.17, 15) is 4.79 Å². The average Bonchev–Trinajstić information content (AvgIpc) is 3.31. The lowest BCUT2D eigenvalue weighted by atomic mass is 10.2. The van der Waals surface area contributed by atoms with Crippen LogP contribution in [0.5, 0.6) is 0 Å². The van der Waals surface area contributed by atoms with E-state index in [1.807, 2.05) is 29.1 Å². The number of benzene rings is 1. The molecule has 0 fully saturated rings. The SMILES string of the molecule is Cc1cc(-c2cccs2)nn1CCNC(=O)c1ccc2nccnc2c1. The summed E-state index contributed by atoms with van der Waals surface area (Å²) in [6.45, 7) is 3.15. The van der Waals surface area contributed by atoms with E-state index in [0.717, 1.165) is 21.8 Å². The highest BCUT2D eigenvalue weighted by Crippen LogP contribution is 2.23. The number of aryl methyl sites for hydroxylation is 1. The van der Waals surface area contributed by atoms with Crippen molar-refractivity contribution in [1.82, 2.24) is 25.1 Å². The first kappa shape index (κ1) is 16.4. The van der Waals surface area contributed by atoms with Crippen molar-refractivity contribution in [2.75, 3.05) is 6.54 Å². The van der Waals surface area contributed by atoms with Crippen molar-refractivity contribution in [2.24, 2.45) is 0 Å². The molecule has 26 heavy (non-hydrogen) atoms. The van der Waals surface area contributed by atoms with Gasteiger partial charge in [0.15, 0.2) is 0 Å². The van der Waals surface area contributed by atoms with Crippen molar-refractivity contribution < 1.29 is 4.79 Å². The Bertz CT molecular complexity index is 1050. The van der Waals surface area contributed by atoms with Gasteiger partial charge in [-0.05, 0) is 42.6 Å². The molecule has 4 aromatic rings. The van der Waals surface area contributed by atoms with Crippen LogP contribution in [0.3, 0.4) is 0 Å². The smallest absolute Gasteiger partial charge is 0.251 e. The summed E-state index contributed by atoms with van der Waals surface area (Å²) >= 11 is 1.67. The molecular formula is C19H17N5OS. The maximum Gasteiger partial charge on any atom is 0.251 e. The minimum Gasteiger partial charge on any atom is -0.350 e. The Morgan fingerprint density at radius 3 is 2.81 bits per heavy atom. The van der Waals surface area contributed by atoms with Crippen molar-refractivity contribution in [2.45, 2.75) is 13.5 Å². The topological polar surface area (TPSA) is 72.7 Å². The van der Waals surface area contributed by atoms with Crippen LogP contribution in [-0.4, -0.2) is 32.2 Å². The Morgan fingerprint density at radius 2 is 2.00 bits per heavy atom. The predicted octanol–water partition coefficient (Wildman–Crippen LogP) is 3.29. The van der Waals surface area contributed by atoms with E-state index in [4.69, 9.17) is 0 Å². The first-order chi connectivity index (χ1) is 12.7. The summed E-state index contributed by atoms with van der Waals surface area (Å²) < 4.78 is 1.92. The third-order valence-electron chi connectivity index (χ3n) is 4.10. The lowest BCUT2D eigenvalue weighted by Gasteiger charge is -2.07. The molecular weight excluding hydrogens is 346 g/mol. The number of carbonyl (C=O) groups excluding carboxylic acids is 1. The number of carbonyl (C=O) groups is 1. The van der Waals surface area contributed by atoms with Crippen molar-refractivity contribution in [1.29, 1.82) is 0 Å². The summed E-state index contributed by atoms with van der Waals surface area (Å²) in [7, 11) is 0. The van der Waals surface area contributed by atoms with Crippen LogP contribution in [0.25, 0.3) is 21.6 Å². The normalized spacial score (nSPS) is 11.0. The van der Waals surface area contributed by atoms with Crippen molar-refractivity contribution in [3.05, 3.63) is 65.4 Å². The minimum atomic E-state index is -0.124. The van der Waals surface area contributed by atoms with Crippen LogP contribution in [0.2, 0.25) is 0 Å². The van der Waals surface area contributed by atoms with Gasteiger partial charge < -0.3 is 5.32 Å². The van der Waals surface area contributed by atoms with Gasteiger partial charge in [-0.25, -0.2) is 0 Å². The summed E-state index contributed by atoms with van der Waals surface area (Å²) in [5, 5.41) is 9.60. The quantitative estimate of drug-likeness (QED) is 0.590.